The molecule has 0 saturated heterocycles. The van der Waals surface area contributed by atoms with Crippen molar-refractivity contribution in [1.29, 1.82) is 0 Å². The van der Waals surface area contributed by atoms with Gasteiger partial charge in [-0.1, -0.05) is 24.3 Å². The molecule has 0 saturated carbocycles. The lowest BCUT2D eigenvalue weighted by molar-refractivity contribution is -0.385. The van der Waals surface area contributed by atoms with Gasteiger partial charge in [-0.3, -0.25) is 14.9 Å². The van der Waals surface area contributed by atoms with E-state index in [1.807, 2.05) is 0 Å². The Hall–Kier alpha value is -3.30. The fraction of sp³-hybridized carbons (Fsp3) is 0.235. The van der Waals surface area contributed by atoms with E-state index >= 15 is 0 Å². The van der Waals surface area contributed by atoms with Crippen LogP contribution in [0.4, 0.5) is 18.9 Å². The zero-order chi connectivity index (χ0) is 20.0. The summed E-state index contributed by atoms with van der Waals surface area (Å²) in [6, 6.07) is 9.56. The third-order valence-electron chi connectivity index (χ3n) is 3.35. The van der Waals surface area contributed by atoms with E-state index in [2.05, 4.69) is 10.1 Å². The molecule has 0 aliphatic heterocycles. The number of halogens is 3. The number of hydrogen-bond donors (Lipinski definition) is 1. The Kier molecular flexibility index (Phi) is 6.22. The highest BCUT2D eigenvalue weighted by atomic mass is 19.4. The molecule has 7 nitrogen and oxygen atoms in total. The van der Waals surface area contributed by atoms with Crippen molar-refractivity contribution in [3.8, 4) is 11.5 Å². The number of aryl methyl sites for hydroxylation is 1. The first kappa shape index (κ1) is 20.0. The van der Waals surface area contributed by atoms with Crippen LogP contribution in [0.15, 0.2) is 42.5 Å². The molecule has 0 aliphatic rings. The largest absolute Gasteiger partial charge is 0.573 e. The number of carbonyl (C=O) groups is 1. The van der Waals surface area contributed by atoms with Gasteiger partial charge < -0.3 is 14.8 Å². The minimum Gasteiger partial charge on any atom is -0.477 e. The first-order chi connectivity index (χ1) is 12.7. The number of amides is 1. The van der Waals surface area contributed by atoms with Gasteiger partial charge in [0, 0.05) is 18.2 Å². The van der Waals surface area contributed by atoms with Crippen LogP contribution in [0.2, 0.25) is 0 Å². The van der Waals surface area contributed by atoms with Gasteiger partial charge in [0.05, 0.1) is 4.92 Å². The lowest BCUT2D eigenvalue weighted by atomic mass is 10.2. The molecule has 0 aliphatic carbocycles. The van der Waals surface area contributed by atoms with E-state index in [-0.39, 0.29) is 23.5 Å². The van der Waals surface area contributed by atoms with E-state index in [4.69, 9.17) is 4.74 Å². The van der Waals surface area contributed by atoms with Gasteiger partial charge in [0.1, 0.15) is 5.75 Å². The molecule has 144 valence electrons. The topological polar surface area (TPSA) is 90.7 Å². The van der Waals surface area contributed by atoms with Crippen molar-refractivity contribution in [2.75, 3.05) is 6.61 Å². The zero-order valence-corrected chi connectivity index (χ0v) is 14.1. The Morgan fingerprint density at radius 2 is 1.89 bits per heavy atom. The number of nitro groups is 1. The number of nitro benzene ring substituents is 1. The first-order valence-corrected chi connectivity index (χ1v) is 7.64. The highest BCUT2D eigenvalue weighted by molar-refractivity contribution is 5.77. The molecule has 0 fully saturated rings. The molecule has 10 heteroatoms. The molecule has 1 amide bonds. The second kappa shape index (κ2) is 8.39. The maximum Gasteiger partial charge on any atom is 0.573 e. The predicted octanol–water partition coefficient (Wildman–Crippen LogP) is 3.50. The van der Waals surface area contributed by atoms with Gasteiger partial charge in [0.25, 0.3) is 5.91 Å². The molecule has 2 aromatic rings. The van der Waals surface area contributed by atoms with Crippen molar-refractivity contribution in [2.45, 2.75) is 19.8 Å². The van der Waals surface area contributed by atoms with Crippen LogP contribution in [0.1, 0.15) is 11.1 Å². The third kappa shape index (κ3) is 6.17. The molecule has 2 rings (SSSR count). The van der Waals surface area contributed by atoms with Crippen LogP contribution in [-0.2, 0) is 11.3 Å². The maximum absolute atomic E-state index is 12.4. The normalized spacial score (nSPS) is 11.0. The molecule has 0 spiro atoms. The minimum atomic E-state index is -4.85. The predicted molar refractivity (Wildman–Crippen MR) is 88.3 cm³/mol. The summed E-state index contributed by atoms with van der Waals surface area (Å²) in [5.41, 5.74) is 0.524. The Morgan fingerprint density at radius 3 is 2.56 bits per heavy atom. The summed E-state index contributed by atoms with van der Waals surface area (Å²) in [4.78, 5) is 22.2. The van der Waals surface area contributed by atoms with E-state index in [0.29, 0.717) is 5.56 Å². The third-order valence-corrected chi connectivity index (χ3v) is 3.35. The van der Waals surface area contributed by atoms with Gasteiger partial charge in [-0.05, 0) is 24.6 Å². The molecule has 27 heavy (non-hydrogen) atoms. The van der Waals surface area contributed by atoms with Crippen LogP contribution in [0.3, 0.4) is 0 Å². The lowest BCUT2D eigenvalue weighted by Gasteiger charge is -2.14. The molecule has 0 heterocycles. The Labute approximate surface area is 151 Å². The van der Waals surface area contributed by atoms with Crippen LogP contribution in [0.25, 0.3) is 0 Å². The fourth-order valence-electron chi connectivity index (χ4n) is 2.15. The van der Waals surface area contributed by atoms with Crippen LogP contribution in [0, 0.1) is 17.0 Å². The molecular weight excluding hydrogens is 369 g/mol. The highest BCUT2D eigenvalue weighted by Crippen LogP contribution is 2.28. The molecular formula is C17H15F3N2O5. The summed E-state index contributed by atoms with van der Waals surface area (Å²) < 4.78 is 46.2. The van der Waals surface area contributed by atoms with Crippen LogP contribution >= 0.6 is 0 Å². The summed E-state index contributed by atoms with van der Waals surface area (Å²) in [6.07, 6.45) is -4.85. The summed E-state index contributed by atoms with van der Waals surface area (Å²) in [7, 11) is 0. The van der Waals surface area contributed by atoms with Crippen molar-refractivity contribution in [3.05, 3.63) is 63.7 Å². The molecule has 2 aromatic carbocycles. The fourth-order valence-corrected chi connectivity index (χ4v) is 2.15. The van der Waals surface area contributed by atoms with Gasteiger partial charge in [0.2, 0.25) is 0 Å². The molecule has 1 N–H and O–H groups in total. The lowest BCUT2D eigenvalue weighted by Crippen LogP contribution is -2.29. The van der Waals surface area contributed by atoms with Gasteiger partial charge in [-0.25, -0.2) is 0 Å². The summed E-state index contributed by atoms with van der Waals surface area (Å²) in [5.74, 6) is -1.16. The van der Waals surface area contributed by atoms with Crippen molar-refractivity contribution in [1.82, 2.24) is 5.32 Å². The quantitative estimate of drug-likeness (QED) is 0.583. The molecule has 0 bridgehead atoms. The second-order valence-electron chi connectivity index (χ2n) is 5.45. The average molecular weight is 384 g/mol. The first-order valence-electron chi connectivity index (χ1n) is 7.64. The number of para-hydroxylation sites is 1. The smallest absolute Gasteiger partial charge is 0.477 e. The van der Waals surface area contributed by atoms with Crippen molar-refractivity contribution >= 4 is 11.6 Å². The number of rotatable bonds is 7. The van der Waals surface area contributed by atoms with E-state index < -0.39 is 29.5 Å². The number of ether oxygens (including phenoxy) is 2. The Morgan fingerprint density at radius 1 is 1.19 bits per heavy atom. The Balaban J connectivity index is 1.97. The van der Waals surface area contributed by atoms with E-state index in [1.165, 1.54) is 36.4 Å². The number of hydrogen-bond acceptors (Lipinski definition) is 5. The number of benzene rings is 2. The number of nitrogens with zero attached hydrogens (tertiary/aromatic N) is 1. The summed E-state index contributed by atoms with van der Waals surface area (Å²) in [6.45, 7) is 0.936. The number of carbonyl (C=O) groups excluding carboxylic acids is 1. The zero-order valence-electron chi connectivity index (χ0n) is 14.1. The molecule has 0 radical (unpaired) electrons. The molecule has 0 atom stereocenters. The van der Waals surface area contributed by atoms with Gasteiger partial charge >= 0.3 is 12.0 Å². The van der Waals surface area contributed by atoms with Crippen molar-refractivity contribution < 1.29 is 32.4 Å². The molecule has 0 unspecified atom stereocenters. The van der Waals surface area contributed by atoms with Crippen LogP contribution in [-0.4, -0.2) is 23.8 Å². The minimum absolute atomic E-state index is 0.0732. The van der Waals surface area contributed by atoms with Crippen LogP contribution < -0.4 is 14.8 Å². The Bertz CT molecular complexity index is 840. The average Bonchev–Trinajstić information content (AvgIpc) is 2.57. The number of alkyl halides is 3. The number of nitrogens with one attached hydrogen (secondary N) is 1. The SMILES string of the molecule is Cc1ccc([N+](=O)[O-])c(OCC(=O)NCc2ccccc2OC(F)(F)F)c1. The van der Waals surface area contributed by atoms with Gasteiger partial charge in [0.15, 0.2) is 12.4 Å². The summed E-state index contributed by atoms with van der Waals surface area (Å²) >= 11 is 0. The van der Waals surface area contributed by atoms with Gasteiger partial charge in [-0.15, -0.1) is 13.2 Å². The van der Waals surface area contributed by atoms with E-state index in [9.17, 15) is 28.1 Å². The van der Waals surface area contributed by atoms with E-state index in [0.717, 1.165) is 6.07 Å². The van der Waals surface area contributed by atoms with Crippen molar-refractivity contribution in [3.63, 3.8) is 0 Å². The van der Waals surface area contributed by atoms with Gasteiger partial charge in [-0.2, -0.15) is 0 Å². The second-order valence-corrected chi connectivity index (χ2v) is 5.45. The van der Waals surface area contributed by atoms with E-state index in [1.54, 1.807) is 6.92 Å². The van der Waals surface area contributed by atoms with Crippen LogP contribution in [0.5, 0.6) is 11.5 Å². The maximum atomic E-state index is 12.4. The summed E-state index contributed by atoms with van der Waals surface area (Å²) in [5, 5.41) is 13.3. The highest BCUT2D eigenvalue weighted by Gasteiger charge is 2.32. The molecule has 0 aromatic heterocycles. The van der Waals surface area contributed by atoms with Crippen molar-refractivity contribution in [2.24, 2.45) is 0 Å². The standard InChI is InChI=1S/C17H15F3N2O5/c1-11-6-7-13(22(24)25)15(8-11)26-10-16(23)21-9-12-4-2-3-5-14(12)27-17(18,19)20/h2-8H,9-10H2,1H3,(H,21,23). The monoisotopic (exact) mass is 384 g/mol.